The SMILES string of the molecule is CC(=O)C(=O)CC(=O)c1ccnn1Cc1ccc(F)cc1. The summed E-state index contributed by atoms with van der Waals surface area (Å²) in [6.07, 6.45) is 0.972. The molecule has 0 saturated heterocycles. The standard InChI is InChI=1S/C15H13FN2O3/c1-10(19)14(20)8-15(21)13-6-7-17-18(13)9-11-2-4-12(16)5-3-11/h2-7H,8-9H2,1H3. The minimum absolute atomic E-state index is 0.244. The Balaban J connectivity index is 2.14. The number of Topliss-reactive ketones (excluding diaryl/α,β-unsaturated/α-hetero) is 3. The van der Waals surface area contributed by atoms with Crippen molar-refractivity contribution < 1.29 is 18.8 Å². The molecular formula is C15H13FN2O3. The predicted octanol–water partition coefficient (Wildman–Crippen LogP) is 1.80. The molecule has 0 bridgehead atoms. The average Bonchev–Trinajstić information content (AvgIpc) is 2.89. The molecule has 21 heavy (non-hydrogen) atoms. The summed E-state index contributed by atoms with van der Waals surface area (Å²) in [5.74, 6) is -2.18. The van der Waals surface area contributed by atoms with Crippen molar-refractivity contribution in [1.82, 2.24) is 9.78 Å². The molecule has 0 spiro atoms. The molecule has 1 heterocycles. The van der Waals surface area contributed by atoms with E-state index >= 15 is 0 Å². The maximum Gasteiger partial charge on any atom is 0.205 e. The molecule has 108 valence electrons. The quantitative estimate of drug-likeness (QED) is 0.462. The molecule has 0 unspecified atom stereocenters. The molecule has 0 fully saturated rings. The van der Waals surface area contributed by atoms with Gasteiger partial charge in [-0.25, -0.2) is 4.39 Å². The van der Waals surface area contributed by atoms with Crippen LogP contribution in [0, 0.1) is 5.82 Å². The molecular weight excluding hydrogens is 275 g/mol. The van der Waals surface area contributed by atoms with Crippen molar-refractivity contribution in [3.8, 4) is 0 Å². The highest BCUT2D eigenvalue weighted by molar-refractivity contribution is 6.40. The fraction of sp³-hybridized carbons (Fsp3) is 0.200. The molecule has 6 heteroatoms. The highest BCUT2D eigenvalue weighted by atomic mass is 19.1. The number of hydrogen-bond acceptors (Lipinski definition) is 4. The Hall–Kier alpha value is -2.63. The monoisotopic (exact) mass is 288 g/mol. The van der Waals surface area contributed by atoms with Crippen LogP contribution < -0.4 is 0 Å². The summed E-state index contributed by atoms with van der Waals surface area (Å²) in [6.45, 7) is 1.41. The third kappa shape index (κ3) is 3.68. The van der Waals surface area contributed by atoms with Gasteiger partial charge in [0.2, 0.25) is 5.78 Å². The van der Waals surface area contributed by atoms with Crippen LogP contribution in [0.4, 0.5) is 4.39 Å². The molecule has 0 atom stereocenters. The molecule has 2 rings (SSSR count). The number of hydrogen-bond donors (Lipinski definition) is 0. The molecule has 0 aliphatic heterocycles. The van der Waals surface area contributed by atoms with Crippen molar-refractivity contribution in [3.05, 3.63) is 53.6 Å². The van der Waals surface area contributed by atoms with Crippen LogP contribution in [0.25, 0.3) is 0 Å². The Bertz CT molecular complexity index is 689. The minimum Gasteiger partial charge on any atom is -0.292 e. The van der Waals surface area contributed by atoms with Gasteiger partial charge in [-0.3, -0.25) is 19.1 Å². The first-order valence-electron chi connectivity index (χ1n) is 6.30. The van der Waals surface area contributed by atoms with E-state index < -0.39 is 23.8 Å². The largest absolute Gasteiger partial charge is 0.292 e. The van der Waals surface area contributed by atoms with Gasteiger partial charge in [0.15, 0.2) is 11.6 Å². The first-order valence-corrected chi connectivity index (χ1v) is 6.30. The Morgan fingerprint density at radius 3 is 2.43 bits per heavy atom. The van der Waals surface area contributed by atoms with Gasteiger partial charge in [0.1, 0.15) is 11.5 Å². The lowest BCUT2D eigenvalue weighted by Gasteiger charge is -2.06. The number of aromatic nitrogens is 2. The van der Waals surface area contributed by atoms with Gasteiger partial charge in [0.25, 0.3) is 0 Å². The smallest absolute Gasteiger partial charge is 0.205 e. The van der Waals surface area contributed by atoms with Gasteiger partial charge in [0, 0.05) is 13.1 Å². The third-order valence-electron chi connectivity index (χ3n) is 2.96. The lowest BCUT2D eigenvalue weighted by atomic mass is 10.1. The fourth-order valence-corrected chi connectivity index (χ4v) is 1.82. The summed E-state index contributed by atoms with van der Waals surface area (Å²) >= 11 is 0. The Kier molecular flexibility index (Phi) is 4.37. The van der Waals surface area contributed by atoms with Gasteiger partial charge in [-0.05, 0) is 23.8 Å². The first-order chi connectivity index (χ1) is 9.97. The number of carbonyl (C=O) groups excluding carboxylic acids is 3. The van der Waals surface area contributed by atoms with E-state index in [1.165, 1.54) is 29.1 Å². The van der Waals surface area contributed by atoms with Gasteiger partial charge < -0.3 is 0 Å². The van der Waals surface area contributed by atoms with Crippen molar-refractivity contribution in [2.24, 2.45) is 0 Å². The van der Waals surface area contributed by atoms with Crippen molar-refractivity contribution in [2.75, 3.05) is 0 Å². The first kappa shape index (κ1) is 14.8. The van der Waals surface area contributed by atoms with Crippen LogP contribution >= 0.6 is 0 Å². The van der Waals surface area contributed by atoms with E-state index in [1.54, 1.807) is 12.1 Å². The van der Waals surface area contributed by atoms with Gasteiger partial charge in [-0.15, -0.1) is 0 Å². The highest BCUT2D eigenvalue weighted by Gasteiger charge is 2.18. The van der Waals surface area contributed by atoms with Crippen LogP contribution in [0.1, 0.15) is 29.4 Å². The molecule has 0 aliphatic rings. The number of benzene rings is 1. The van der Waals surface area contributed by atoms with Crippen LogP contribution in [-0.2, 0) is 16.1 Å². The van der Waals surface area contributed by atoms with Crippen molar-refractivity contribution >= 4 is 17.3 Å². The lowest BCUT2D eigenvalue weighted by molar-refractivity contribution is -0.134. The van der Waals surface area contributed by atoms with E-state index in [4.69, 9.17) is 0 Å². The summed E-state index contributed by atoms with van der Waals surface area (Å²) in [6, 6.07) is 7.30. The van der Waals surface area contributed by atoms with Gasteiger partial charge >= 0.3 is 0 Å². The zero-order valence-electron chi connectivity index (χ0n) is 11.4. The Morgan fingerprint density at radius 1 is 1.14 bits per heavy atom. The summed E-state index contributed by atoms with van der Waals surface area (Å²) in [5.41, 5.74) is 1.01. The average molecular weight is 288 g/mol. The molecule has 5 nitrogen and oxygen atoms in total. The minimum atomic E-state index is -0.727. The molecule has 1 aromatic heterocycles. The zero-order chi connectivity index (χ0) is 15.4. The van der Waals surface area contributed by atoms with Crippen molar-refractivity contribution in [2.45, 2.75) is 19.9 Å². The number of nitrogens with zero attached hydrogens (tertiary/aromatic N) is 2. The van der Waals surface area contributed by atoms with E-state index in [2.05, 4.69) is 5.10 Å². The van der Waals surface area contributed by atoms with E-state index in [1.807, 2.05) is 0 Å². The van der Waals surface area contributed by atoms with Crippen LogP contribution in [0.3, 0.4) is 0 Å². The van der Waals surface area contributed by atoms with Crippen LogP contribution in [-0.4, -0.2) is 27.1 Å². The fourth-order valence-electron chi connectivity index (χ4n) is 1.82. The second-order valence-corrected chi connectivity index (χ2v) is 4.58. The molecule has 1 aromatic carbocycles. The summed E-state index contributed by atoms with van der Waals surface area (Å²) in [7, 11) is 0. The third-order valence-corrected chi connectivity index (χ3v) is 2.96. The van der Waals surface area contributed by atoms with E-state index in [0.29, 0.717) is 0 Å². The van der Waals surface area contributed by atoms with Gasteiger partial charge in [-0.2, -0.15) is 5.10 Å². The van der Waals surface area contributed by atoms with Gasteiger partial charge in [0.05, 0.1) is 13.0 Å². The predicted molar refractivity (Wildman–Crippen MR) is 72.4 cm³/mol. The van der Waals surface area contributed by atoms with Crippen molar-refractivity contribution in [1.29, 1.82) is 0 Å². The maximum absolute atomic E-state index is 12.8. The topological polar surface area (TPSA) is 69.0 Å². The van der Waals surface area contributed by atoms with Crippen LogP contribution in [0.5, 0.6) is 0 Å². The zero-order valence-corrected chi connectivity index (χ0v) is 11.4. The normalized spacial score (nSPS) is 10.4. The molecule has 0 amide bonds. The van der Waals surface area contributed by atoms with E-state index in [0.717, 1.165) is 12.5 Å². The lowest BCUT2D eigenvalue weighted by Crippen LogP contribution is -2.18. The van der Waals surface area contributed by atoms with E-state index in [-0.39, 0.29) is 18.1 Å². The van der Waals surface area contributed by atoms with Crippen molar-refractivity contribution in [3.63, 3.8) is 0 Å². The van der Waals surface area contributed by atoms with Crippen LogP contribution in [0.15, 0.2) is 36.5 Å². The molecule has 0 saturated carbocycles. The summed E-state index contributed by atoms with van der Waals surface area (Å²) < 4.78 is 14.3. The maximum atomic E-state index is 12.8. The molecule has 0 aliphatic carbocycles. The van der Waals surface area contributed by atoms with Gasteiger partial charge in [-0.1, -0.05) is 12.1 Å². The summed E-state index contributed by atoms with van der Waals surface area (Å²) in [4.78, 5) is 34.2. The number of carbonyl (C=O) groups is 3. The number of rotatable bonds is 6. The summed E-state index contributed by atoms with van der Waals surface area (Å²) in [5, 5.41) is 4.01. The molecule has 0 N–H and O–H groups in total. The molecule has 0 radical (unpaired) electrons. The second kappa shape index (κ2) is 6.21. The second-order valence-electron chi connectivity index (χ2n) is 4.58. The number of ketones is 3. The molecule has 2 aromatic rings. The Labute approximate surface area is 120 Å². The number of halogens is 1. The highest BCUT2D eigenvalue weighted by Crippen LogP contribution is 2.09. The van der Waals surface area contributed by atoms with Crippen LogP contribution in [0.2, 0.25) is 0 Å². The Morgan fingerprint density at radius 2 is 1.81 bits per heavy atom. The van der Waals surface area contributed by atoms with E-state index in [9.17, 15) is 18.8 Å².